The molecule has 0 aromatic heterocycles. The van der Waals surface area contributed by atoms with Crippen LogP contribution in [0.5, 0.6) is 0 Å². The number of carbonyl (C=O) groups excluding carboxylic acids is 2. The van der Waals surface area contributed by atoms with Gasteiger partial charge in [-0.1, -0.05) is 54.6 Å². The van der Waals surface area contributed by atoms with Gasteiger partial charge in [0, 0.05) is 14.1 Å². The van der Waals surface area contributed by atoms with Crippen molar-refractivity contribution in [1.82, 2.24) is 4.90 Å². The molecule has 8 heteroatoms. The summed E-state index contributed by atoms with van der Waals surface area (Å²) in [4.78, 5) is 25.3. The Labute approximate surface area is 187 Å². The molecule has 0 saturated carbocycles. The number of hydrogen-bond acceptors (Lipinski definition) is 5. The van der Waals surface area contributed by atoms with Crippen molar-refractivity contribution in [2.75, 3.05) is 25.0 Å². The number of benzene rings is 3. The SMILES string of the molecule is CN(C)C(=O)COC(=O)c1cccc(S(=O)(=O)N(Cc2ccccc2)c2ccccc2)c1. The van der Waals surface area contributed by atoms with E-state index in [0.717, 1.165) is 5.56 Å². The van der Waals surface area contributed by atoms with Crippen LogP contribution in [0.4, 0.5) is 5.69 Å². The molecule has 3 aromatic carbocycles. The highest BCUT2D eigenvalue weighted by Crippen LogP contribution is 2.26. The fourth-order valence-corrected chi connectivity index (χ4v) is 4.41. The van der Waals surface area contributed by atoms with Crippen molar-refractivity contribution < 1.29 is 22.7 Å². The highest BCUT2D eigenvalue weighted by atomic mass is 32.2. The Morgan fingerprint density at radius 1 is 0.844 bits per heavy atom. The number of hydrogen-bond donors (Lipinski definition) is 0. The van der Waals surface area contributed by atoms with Crippen molar-refractivity contribution in [1.29, 1.82) is 0 Å². The molecule has 32 heavy (non-hydrogen) atoms. The molecular weight excluding hydrogens is 428 g/mol. The van der Waals surface area contributed by atoms with Crippen molar-refractivity contribution in [2.45, 2.75) is 11.4 Å². The molecular formula is C24H24N2O5S. The quantitative estimate of drug-likeness (QED) is 0.490. The van der Waals surface area contributed by atoms with Crippen molar-refractivity contribution in [3.05, 3.63) is 96.1 Å². The van der Waals surface area contributed by atoms with E-state index >= 15 is 0 Å². The van der Waals surface area contributed by atoms with Gasteiger partial charge in [0.05, 0.1) is 22.7 Å². The third-order valence-corrected chi connectivity index (χ3v) is 6.47. The molecule has 0 spiro atoms. The number of esters is 1. The monoisotopic (exact) mass is 452 g/mol. The van der Waals surface area contributed by atoms with Gasteiger partial charge in [-0.15, -0.1) is 0 Å². The number of amides is 1. The van der Waals surface area contributed by atoms with Crippen LogP contribution in [0.25, 0.3) is 0 Å². The molecule has 0 heterocycles. The zero-order valence-corrected chi connectivity index (χ0v) is 18.7. The van der Waals surface area contributed by atoms with Crippen LogP contribution in [0.15, 0.2) is 89.8 Å². The molecule has 0 atom stereocenters. The fourth-order valence-electron chi connectivity index (χ4n) is 2.91. The molecule has 0 radical (unpaired) electrons. The summed E-state index contributed by atoms with van der Waals surface area (Å²) in [7, 11) is -0.903. The molecule has 3 aromatic rings. The zero-order valence-electron chi connectivity index (χ0n) is 17.8. The van der Waals surface area contributed by atoms with Gasteiger partial charge in [-0.3, -0.25) is 9.10 Å². The standard InChI is InChI=1S/C24H24N2O5S/c1-25(2)23(27)18-31-24(28)20-12-9-15-22(16-20)32(29,30)26(21-13-7-4-8-14-21)17-19-10-5-3-6-11-19/h3-16H,17-18H2,1-2H3. The Balaban J connectivity index is 1.92. The van der Waals surface area contributed by atoms with Gasteiger partial charge in [0.1, 0.15) is 0 Å². The molecule has 7 nitrogen and oxygen atoms in total. The van der Waals surface area contributed by atoms with Crippen molar-refractivity contribution >= 4 is 27.6 Å². The number of sulfonamides is 1. The highest BCUT2D eigenvalue weighted by Gasteiger charge is 2.26. The summed E-state index contributed by atoms with van der Waals surface area (Å²) >= 11 is 0. The Kier molecular flexibility index (Phi) is 7.27. The first-order valence-corrected chi connectivity index (χ1v) is 11.3. The number of likely N-dealkylation sites (N-methyl/N-ethyl adjacent to an activating group) is 1. The lowest BCUT2D eigenvalue weighted by Gasteiger charge is -2.25. The summed E-state index contributed by atoms with van der Waals surface area (Å²) in [5.74, 6) is -1.15. The molecule has 0 N–H and O–H groups in total. The lowest BCUT2D eigenvalue weighted by molar-refractivity contribution is -0.131. The van der Waals surface area contributed by atoms with E-state index in [-0.39, 0.29) is 22.9 Å². The predicted molar refractivity (Wildman–Crippen MR) is 122 cm³/mol. The van der Waals surface area contributed by atoms with E-state index in [2.05, 4.69) is 0 Å². The van der Waals surface area contributed by atoms with Crippen molar-refractivity contribution in [3.63, 3.8) is 0 Å². The number of nitrogens with zero attached hydrogens (tertiary/aromatic N) is 2. The van der Waals surface area contributed by atoms with E-state index < -0.39 is 22.6 Å². The maximum atomic E-state index is 13.6. The van der Waals surface area contributed by atoms with Crippen LogP contribution in [0.2, 0.25) is 0 Å². The van der Waals surface area contributed by atoms with Gasteiger partial charge < -0.3 is 9.64 Å². The molecule has 1 amide bonds. The summed E-state index contributed by atoms with van der Waals surface area (Å²) in [6.07, 6.45) is 0. The van der Waals surface area contributed by atoms with Gasteiger partial charge >= 0.3 is 5.97 Å². The summed E-state index contributed by atoms with van der Waals surface area (Å²) in [6, 6.07) is 23.6. The van der Waals surface area contributed by atoms with Gasteiger partial charge in [0.2, 0.25) is 0 Å². The summed E-state index contributed by atoms with van der Waals surface area (Å²) in [5, 5.41) is 0. The van der Waals surface area contributed by atoms with Crippen LogP contribution in [0, 0.1) is 0 Å². The molecule has 0 aliphatic carbocycles. The lowest BCUT2D eigenvalue weighted by atomic mass is 10.2. The third kappa shape index (κ3) is 5.53. The van der Waals surface area contributed by atoms with Crippen molar-refractivity contribution in [2.24, 2.45) is 0 Å². The number of carbonyl (C=O) groups is 2. The second-order valence-corrected chi connectivity index (χ2v) is 9.09. The Morgan fingerprint density at radius 3 is 2.09 bits per heavy atom. The molecule has 0 unspecified atom stereocenters. The minimum atomic E-state index is -4.00. The number of anilines is 1. The highest BCUT2D eigenvalue weighted by molar-refractivity contribution is 7.92. The number of ether oxygens (including phenoxy) is 1. The van der Waals surface area contributed by atoms with Gasteiger partial charge in [-0.2, -0.15) is 0 Å². The average Bonchev–Trinajstić information content (AvgIpc) is 2.81. The molecule has 0 aliphatic rings. The normalized spacial score (nSPS) is 10.9. The maximum Gasteiger partial charge on any atom is 0.338 e. The van der Waals surface area contributed by atoms with E-state index in [1.165, 1.54) is 33.5 Å². The first-order valence-electron chi connectivity index (χ1n) is 9.88. The average molecular weight is 453 g/mol. The molecule has 0 saturated heterocycles. The lowest BCUT2D eigenvalue weighted by Crippen LogP contribution is -2.31. The van der Waals surface area contributed by atoms with Crippen LogP contribution in [0.3, 0.4) is 0 Å². The molecule has 0 fully saturated rings. The molecule has 3 rings (SSSR count). The minimum absolute atomic E-state index is 0.0466. The molecule has 0 bridgehead atoms. The second kappa shape index (κ2) is 10.1. The van der Waals surface area contributed by atoms with Gasteiger partial charge in [0.15, 0.2) is 6.61 Å². The Hall–Kier alpha value is -3.65. The van der Waals surface area contributed by atoms with E-state index in [1.54, 1.807) is 38.4 Å². The summed E-state index contributed by atoms with van der Waals surface area (Å²) in [5.41, 5.74) is 1.36. The van der Waals surface area contributed by atoms with Gasteiger partial charge in [0.25, 0.3) is 15.9 Å². The van der Waals surface area contributed by atoms with E-state index in [1.807, 2.05) is 36.4 Å². The van der Waals surface area contributed by atoms with Crippen LogP contribution in [-0.2, 0) is 26.1 Å². The predicted octanol–water partition coefficient (Wildman–Crippen LogP) is 3.33. The Bertz CT molecular complexity index is 1180. The van der Waals surface area contributed by atoms with Crippen LogP contribution in [-0.4, -0.2) is 45.9 Å². The van der Waals surface area contributed by atoms with Crippen LogP contribution < -0.4 is 4.31 Å². The summed E-state index contributed by atoms with van der Waals surface area (Å²) in [6.45, 7) is -0.299. The third-order valence-electron chi connectivity index (χ3n) is 4.70. The smallest absolute Gasteiger partial charge is 0.338 e. The van der Waals surface area contributed by atoms with Gasteiger partial charge in [-0.25, -0.2) is 13.2 Å². The molecule has 166 valence electrons. The fraction of sp³-hybridized carbons (Fsp3) is 0.167. The topological polar surface area (TPSA) is 84.0 Å². The van der Waals surface area contributed by atoms with Crippen LogP contribution >= 0.6 is 0 Å². The first-order chi connectivity index (χ1) is 15.3. The largest absolute Gasteiger partial charge is 0.452 e. The second-order valence-electron chi connectivity index (χ2n) is 7.22. The minimum Gasteiger partial charge on any atom is -0.452 e. The van der Waals surface area contributed by atoms with E-state index in [0.29, 0.717) is 5.69 Å². The first kappa shape index (κ1) is 23.0. The number of rotatable bonds is 8. The Morgan fingerprint density at radius 2 is 1.47 bits per heavy atom. The van der Waals surface area contributed by atoms with E-state index in [9.17, 15) is 18.0 Å². The summed E-state index contributed by atoms with van der Waals surface area (Å²) < 4.78 is 33.5. The van der Waals surface area contributed by atoms with Crippen molar-refractivity contribution in [3.8, 4) is 0 Å². The number of para-hydroxylation sites is 1. The maximum absolute atomic E-state index is 13.6. The van der Waals surface area contributed by atoms with E-state index in [4.69, 9.17) is 4.74 Å². The van der Waals surface area contributed by atoms with Gasteiger partial charge in [-0.05, 0) is 35.9 Å². The zero-order chi connectivity index (χ0) is 23.1. The van der Waals surface area contributed by atoms with Crippen LogP contribution in [0.1, 0.15) is 15.9 Å². The molecule has 0 aliphatic heterocycles.